The molecule has 0 aliphatic heterocycles. The van der Waals surface area contributed by atoms with Crippen LogP contribution in [0.4, 0.5) is 0 Å². The van der Waals surface area contributed by atoms with Gasteiger partial charge in [-0.05, 0) is 28.8 Å². The van der Waals surface area contributed by atoms with Crippen LogP contribution in [0.5, 0.6) is 0 Å². The van der Waals surface area contributed by atoms with E-state index in [1.165, 1.54) is 0 Å². The quantitative estimate of drug-likeness (QED) is 0.430. The standard InChI is InChI=1S/C13H34OP2Si2/c1-10(2)17(15,11(3)4)14-18(16-9,12(5)6)13(7)8/h10-13,16H,15H2,1-9H3. The fourth-order valence-corrected chi connectivity index (χ4v) is 21.9. The molecule has 0 bridgehead atoms. The van der Waals surface area contributed by atoms with Crippen molar-refractivity contribution in [2.75, 3.05) is 6.66 Å². The number of hydrogen-bond donors (Lipinski definition) is 0. The molecule has 110 valence electrons. The van der Waals surface area contributed by atoms with Gasteiger partial charge in [0, 0.05) is 0 Å². The van der Waals surface area contributed by atoms with Gasteiger partial charge in [-0.3, -0.25) is 0 Å². The van der Waals surface area contributed by atoms with Crippen LogP contribution in [0.1, 0.15) is 55.4 Å². The van der Waals surface area contributed by atoms with Gasteiger partial charge < -0.3 is 4.12 Å². The zero-order valence-corrected chi connectivity index (χ0v) is 17.9. The molecule has 0 rings (SSSR count). The Hall–Kier alpha value is 1.25. The Labute approximate surface area is 121 Å². The van der Waals surface area contributed by atoms with Gasteiger partial charge in [0.05, 0.1) is 0 Å². The Kier molecular flexibility index (Phi) is 7.83. The summed E-state index contributed by atoms with van der Waals surface area (Å²) in [5.41, 5.74) is 2.77. The normalized spacial score (nSPS) is 15.0. The zero-order valence-electron chi connectivity index (χ0n) is 13.8. The molecule has 5 heteroatoms. The highest BCUT2D eigenvalue weighted by Gasteiger charge is 2.49. The minimum Gasteiger partial charge on any atom is -0.448 e. The molecule has 0 radical (unpaired) electrons. The van der Waals surface area contributed by atoms with Crippen LogP contribution in [0, 0.1) is 0 Å². The average Bonchev–Trinajstić information content (AvgIpc) is 2.23. The van der Waals surface area contributed by atoms with Gasteiger partial charge in [0.15, 0.2) is 0 Å². The van der Waals surface area contributed by atoms with E-state index < -0.39 is 16.0 Å². The second-order valence-electron chi connectivity index (χ2n) is 6.62. The third-order valence-electron chi connectivity index (χ3n) is 4.26. The van der Waals surface area contributed by atoms with Crippen molar-refractivity contribution in [3.8, 4) is 0 Å². The molecule has 18 heavy (non-hydrogen) atoms. The van der Waals surface area contributed by atoms with Gasteiger partial charge >= 0.3 is 0 Å². The Balaban J connectivity index is 5.43. The van der Waals surface area contributed by atoms with Gasteiger partial charge in [-0.25, -0.2) is 0 Å². The molecule has 2 atom stereocenters. The first kappa shape index (κ1) is 19.3. The van der Waals surface area contributed by atoms with E-state index in [1.807, 2.05) is 0 Å². The van der Waals surface area contributed by atoms with E-state index in [0.717, 1.165) is 8.13 Å². The maximum absolute atomic E-state index is 7.07. The third-order valence-corrected chi connectivity index (χ3v) is 26.6. The lowest BCUT2D eigenvalue weighted by Gasteiger charge is -2.48. The minimum atomic E-state index is -1.70. The smallest absolute Gasteiger partial charge is 0.208 e. The molecule has 0 aromatic heterocycles. The lowest BCUT2D eigenvalue weighted by atomic mass is 10.5. The molecule has 0 heterocycles. The second kappa shape index (κ2) is 7.32. The SMILES string of the molecule is CP[Si](O[Si](P)(C(C)C)C(C)C)(C(C)C)C(C)C. The van der Waals surface area contributed by atoms with Crippen LogP contribution in [0.25, 0.3) is 0 Å². The molecule has 0 aliphatic rings. The third kappa shape index (κ3) is 3.88. The fraction of sp³-hybridized carbons (Fsp3) is 1.00. The summed E-state index contributed by atoms with van der Waals surface area (Å²) in [7, 11) is 0.845. The second-order valence-corrected chi connectivity index (χ2v) is 22.4. The zero-order chi connectivity index (χ0) is 14.7. The summed E-state index contributed by atoms with van der Waals surface area (Å²) in [5, 5.41) is 0. The van der Waals surface area contributed by atoms with Crippen LogP contribution in [0.3, 0.4) is 0 Å². The van der Waals surface area contributed by atoms with Crippen LogP contribution in [0.2, 0.25) is 22.2 Å². The van der Waals surface area contributed by atoms with Crippen molar-refractivity contribution in [3.05, 3.63) is 0 Å². The highest BCUT2D eigenvalue weighted by molar-refractivity contribution is 7.82. The molecule has 1 nitrogen and oxygen atoms in total. The molecule has 0 amide bonds. The van der Waals surface area contributed by atoms with Crippen molar-refractivity contribution in [2.24, 2.45) is 0 Å². The van der Waals surface area contributed by atoms with Crippen LogP contribution in [0.15, 0.2) is 0 Å². The minimum absolute atomic E-state index is 0.670. The lowest BCUT2D eigenvalue weighted by molar-refractivity contribution is 0.501. The van der Waals surface area contributed by atoms with Gasteiger partial charge in [-0.1, -0.05) is 55.4 Å². The van der Waals surface area contributed by atoms with Crippen molar-refractivity contribution < 1.29 is 4.12 Å². The van der Waals surface area contributed by atoms with Crippen LogP contribution < -0.4 is 0 Å². The van der Waals surface area contributed by atoms with Crippen LogP contribution >= 0.6 is 16.9 Å². The Bertz CT molecular complexity index is 239. The van der Waals surface area contributed by atoms with E-state index in [-0.39, 0.29) is 0 Å². The topological polar surface area (TPSA) is 9.23 Å². The number of hydrogen-bond acceptors (Lipinski definition) is 1. The molecule has 2 unspecified atom stereocenters. The van der Waals surface area contributed by atoms with Crippen molar-refractivity contribution in [1.29, 1.82) is 0 Å². The molecule has 0 N–H and O–H groups in total. The van der Waals surface area contributed by atoms with Crippen molar-refractivity contribution in [3.63, 3.8) is 0 Å². The average molecular weight is 325 g/mol. The van der Waals surface area contributed by atoms with Gasteiger partial charge in [-0.2, -0.15) is 0 Å². The summed E-state index contributed by atoms with van der Waals surface area (Å²) < 4.78 is 7.07. The maximum atomic E-state index is 7.07. The molecule has 0 aromatic carbocycles. The summed E-state index contributed by atoms with van der Waals surface area (Å²) in [6, 6.07) is 0. The molecule has 0 spiro atoms. The van der Waals surface area contributed by atoms with Crippen molar-refractivity contribution >= 4 is 32.9 Å². The van der Waals surface area contributed by atoms with E-state index in [2.05, 4.69) is 70.8 Å². The van der Waals surface area contributed by atoms with E-state index in [1.54, 1.807) is 0 Å². The largest absolute Gasteiger partial charge is 0.448 e. The molecule has 0 aromatic rings. The van der Waals surface area contributed by atoms with E-state index in [0.29, 0.717) is 22.2 Å². The predicted octanol–water partition coefficient (Wildman–Crippen LogP) is 5.71. The highest BCUT2D eigenvalue weighted by atomic mass is 31.4. The van der Waals surface area contributed by atoms with E-state index in [9.17, 15) is 0 Å². The highest BCUT2D eigenvalue weighted by Crippen LogP contribution is 2.51. The van der Waals surface area contributed by atoms with Crippen molar-refractivity contribution in [1.82, 2.24) is 0 Å². The van der Waals surface area contributed by atoms with Crippen LogP contribution in [-0.2, 0) is 4.12 Å². The Morgan fingerprint density at radius 1 is 0.778 bits per heavy atom. The first-order chi connectivity index (χ1) is 8.04. The maximum Gasteiger partial charge on any atom is 0.208 e. The Morgan fingerprint density at radius 3 is 1.28 bits per heavy atom. The number of rotatable bonds is 7. The first-order valence-corrected chi connectivity index (χ1v) is 15.7. The van der Waals surface area contributed by atoms with Gasteiger partial charge in [-0.15, -0.1) is 16.9 Å². The fourth-order valence-electron chi connectivity index (χ4n) is 2.73. The predicted molar refractivity (Wildman–Crippen MR) is 96.9 cm³/mol. The van der Waals surface area contributed by atoms with Gasteiger partial charge in [0.25, 0.3) is 0 Å². The summed E-state index contributed by atoms with van der Waals surface area (Å²) in [6.07, 6.45) is 0. The van der Waals surface area contributed by atoms with Crippen LogP contribution in [-0.4, -0.2) is 22.6 Å². The molecular formula is C13H34OP2Si2. The van der Waals surface area contributed by atoms with E-state index in [4.69, 9.17) is 4.12 Å². The molecule has 0 saturated carbocycles. The first-order valence-electron chi connectivity index (χ1n) is 7.22. The van der Waals surface area contributed by atoms with E-state index >= 15 is 0 Å². The summed E-state index contributed by atoms with van der Waals surface area (Å²) in [6.45, 7) is 21.3. The lowest BCUT2D eigenvalue weighted by Crippen LogP contribution is -2.52. The molecule has 0 fully saturated rings. The summed E-state index contributed by atoms with van der Waals surface area (Å²) in [5.74, 6) is 0. The molecule has 0 aliphatic carbocycles. The van der Waals surface area contributed by atoms with Gasteiger partial charge in [0.1, 0.15) is 0 Å². The molecular weight excluding hydrogens is 290 g/mol. The summed E-state index contributed by atoms with van der Waals surface area (Å²) in [4.78, 5) is 0. The monoisotopic (exact) mass is 324 g/mol. The molecule has 0 saturated heterocycles. The Morgan fingerprint density at radius 2 is 1.11 bits per heavy atom. The summed E-state index contributed by atoms with van der Waals surface area (Å²) >= 11 is 0. The van der Waals surface area contributed by atoms with Crippen molar-refractivity contribution in [2.45, 2.75) is 77.6 Å². The van der Waals surface area contributed by atoms with Gasteiger partial charge in [0.2, 0.25) is 16.0 Å².